The zero-order valence-electron chi connectivity index (χ0n) is 9.45. The lowest BCUT2D eigenvalue weighted by atomic mass is 10.2. The summed E-state index contributed by atoms with van der Waals surface area (Å²) in [6, 6.07) is 6.55. The van der Waals surface area contributed by atoms with Crippen molar-refractivity contribution in [3.8, 4) is 0 Å². The summed E-state index contributed by atoms with van der Waals surface area (Å²) in [6.45, 7) is 8.51. The van der Waals surface area contributed by atoms with E-state index in [1.54, 1.807) is 11.3 Å². The third kappa shape index (κ3) is 1.97. The van der Waals surface area contributed by atoms with Crippen molar-refractivity contribution in [2.24, 2.45) is 0 Å². The minimum atomic E-state index is 1.05. The fourth-order valence-electron chi connectivity index (χ4n) is 1.82. The van der Waals surface area contributed by atoms with E-state index in [4.69, 9.17) is 0 Å². The quantitative estimate of drug-likeness (QED) is 0.787. The molecule has 0 fully saturated rings. The highest BCUT2D eigenvalue weighted by Crippen LogP contribution is 2.26. The lowest BCUT2D eigenvalue weighted by Gasteiger charge is -2.20. The Kier molecular flexibility index (Phi) is 2.91. The second kappa shape index (κ2) is 4.19. The van der Waals surface area contributed by atoms with Gasteiger partial charge in [0.15, 0.2) is 0 Å². The van der Waals surface area contributed by atoms with Crippen LogP contribution in [0.1, 0.15) is 18.9 Å². The molecule has 0 aliphatic carbocycles. The molecule has 15 heavy (non-hydrogen) atoms. The number of fused-ring (bicyclic) bond motifs is 1. The molecule has 0 saturated carbocycles. The van der Waals surface area contributed by atoms with Gasteiger partial charge in [-0.2, -0.15) is 0 Å². The largest absolute Gasteiger partial charge is 0.372 e. The van der Waals surface area contributed by atoms with Crippen molar-refractivity contribution in [2.45, 2.75) is 20.8 Å². The van der Waals surface area contributed by atoms with Gasteiger partial charge in [-0.15, -0.1) is 11.3 Å². The van der Waals surface area contributed by atoms with Crippen LogP contribution >= 0.6 is 11.3 Å². The number of hydrogen-bond donors (Lipinski definition) is 0. The van der Waals surface area contributed by atoms with Gasteiger partial charge in [-0.3, -0.25) is 0 Å². The first-order chi connectivity index (χ1) is 7.24. The van der Waals surface area contributed by atoms with E-state index in [9.17, 15) is 0 Å². The summed E-state index contributed by atoms with van der Waals surface area (Å²) < 4.78 is 1.28. The van der Waals surface area contributed by atoms with Gasteiger partial charge in [0.25, 0.3) is 0 Å². The van der Waals surface area contributed by atoms with Crippen LogP contribution < -0.4 is 4.90 Å². The Morgan fingerprint density at radius 2 is 2.00 bits per heavy atom. The Labute approximate surface area is 94.6 Å². The first kappa shape index (κ1) is 10.4. The van der Waals surface area contributed by atoms with Gasteiger partial charge in [0, 0.05) is 18.8 Å². The van der Waals surface area contributed by atoms with E-state index in [0.29, 0.717) is 0 Å². The summed E-state index contributed by atoms with van der Waals surface area (Å²) in [5, 5.41) is 1.14. The number of rotatable bonds is 3. The van der Waals surface area contributed by atoms with Gasteiger partial charge in [0.05, 0.1) is 15.2 Å². The smallest absolute Gasteiger partial charge is 0.0907 e. The first-order valence-corrected chi connectivity index (χ1v) is 6.18. The van der Waals surface area contributed by atoms with Crippen LogP contribution in [0.2, 0.25) is 0 Å². The third-order valence-corrected chi connectivity index (χ3v) is 3.56. The van der Waals surface area contributed by atoms with Crippen LogP contribution in [0.15, 0.2) is 18.2 Å². The predicted octanol–water partition coefficient (Wildman–Crippen LogP) is 3.45. The molecule has 0 aliphatic rings. The van der Waals surface area contributed by atoms with Crippen molar-refractivity contribution in [3.05, 3.63) is 23.2 Å². The first-order valence-electron chi connectivity index (χ1n) is 5.36. The highest BCUT2D eigenvalue weighted by molar-refractivity contribution is 7.18. The zero-order chi connectivity index (χ0) is 10.8. The van der Waals surface area contributed by atoms with Crippen LogP contribution in [-0.4, -0.2) is 18.1 Å². The number of thiazole rings is 1. The number of anilines is 1. The van der Waals surface area contributed by atoms with Crippen LogP contribution in [0.5, 0.6) is 0 Å². The zero-order valence-corrected chi connectivity index (χ0v) is 10.3. The standard InChI is InChI=1S/C12H16N2S/c1-4-14(5-2)10-6-7-12-11(8-10)13-9(3)15-12/h6-8H,4-5H2,1-3H3. The van der Waals surface area contributed by atoms with Crippen molar-refractivity contribution in [2.75, 3.05) is 18.0 Å². The minimum Gasteiger partial charge on any atom is -0.372 e. The molecule has 2 rings (SSSR count). The molecule has 0 atom stereocenters. The average molecular weight is 220 g/mol. The summed E-state index contributed by atoms with van der Waals surface area (Å²) in [5.41, 5.74) is 2.40. The molecule has 1 heterocycles. The monoisotopic (exact) mass is 220 g/mol. The topological polar surface area (TPSA) is 16.1 Å². The molecule has 0 unspecified atom stereocenters. The third-order valence-electron chi connectivity index (χ3n) is 2.61. The van der Waals surface area contributed by atoms with Crippen LogP contribution in [0.3, 0.4) is 0 Å². The van der Waals surface area contributed by atoms with Gasteiger partial charge < -0.3 is 4.90 Å². The number of hydrogen-bond acceptors (Lipinski definition) is 3. The van der Waals surface area contributed by atoms with Gasteiger partial charge in [0.1, 0.15) is 0 Å². The minimum absolute atomic E-state index is 1.05. The molecule has 3 heteroatoms. The number of aromatic nitrogens is 1. The average Bonchev–Trinajstić information content (AvgIpc) is 2.59. The Hall–Kier alpha value is -1.09. The molecule has 2 aromatic rings. The molecule has 0 spiro atoms. The molecular weight excluding hydrogens is 204 g/mol. The van der Waals surface area contributed by atoms with Crippen LogP contribution in [0.25, 0.3) is 10.2 Å². The molecule has 0 bridgehead atoms. The van der Waals surface area contributed by atoms with Gasteiger partial charge in [-0.05, 0) is 39.0 Å². The van der Waals surface area contributed by atoms with E-state index in [0.717, 1.165) is 23.6 Å². The van der Waals surface area contributed by atoms with Crippen LogP contribution in [-0.2, 0) is 0 Å². The van der Waals surface area contributed by atoms with Crippen molar-refractivity contribution in [1.82, 2.24) is 4.98 Å². The van der Waals surface area contributed by atoms with Gasteiger partial charge in [-0.25, -0.2) is 4.98 Å². The fourth-order valence-corrected chi connectivity index (χ4v) is 2.62. The molecule has 1 aromatic carbocycles. The van der Waals surface area contributed by atoms with Gasteiger partial charge >= 0.3 is 0 Å². The summed E-state index contributed by atoms with van der Waals surface area (Å²) in [6.07, 6.45) is 0. The molecular formula is C12H16N2S. The normalized spacial score (nSPS) is 10.9. The lowest BCUT2D eigenvalue weighted by molar-refractivity contribution is 0.867. The molecule has 0 N–H and O–H groups in total. The van der Waals surface area contributed by atoms with Gasteiger partial charge in [-0.1, -0.05) is 0 Å². The lowest BCUT2D eigenvalue weighted by Crippen LogP contribution is -2.21. The SMILES string of the molecule is CCN(CC)c1ccc2sc(C)nc2c1. The summed E-state index contributed by atoms with van der Waals surface area (Å²) in [7, 11) is 0. The van der Waals surface area contributed by atoms with E-state index in [-0.39, 0.29) is 0 Å². The Morgan fingerprint density at radius 1 is 1.27 bits per heavy atom. The Morgan fingerprint density at radius 3 is 2.67 bits per heavy atom. The van der Waals surface area contributed by atoms with E-state index in [2.05, 4.69) is 48.9 Å². The molecule has 1 aromatic heterocycles. The molecule has 2 nitrogen and oxygen atoms in total. The van der Waals surface area contributed by atoms with Crippen molar-refractivity contribution >= 4 is 27.2 Å². The fraction of sp³-hybridized carbons (Fsp3) is 0.417. The molecule has 0 saturated heterocycles. The van der Waals surface area contributed by atoms with Gasteiger partial charge in [0.2, 0.25) is 0 Å². The van der Waals surface area contributed by atoms with Crippen LogP contribution in [0.4, 0.5) is 5.69 Å². The van der Waals surface area contributed by atoms with E-state index in [1.807, 2.05) is 0 Å². The number of nitrogens with zero attached hydrogens (tertiary/aromatic N) is 2. The predicted molar refractivity (Wildman–Crippen MR) is 67.9 cm³/mol. The van der Waals surface area contributed by atoms with E-state index < -0.39 is 0 Å². The molecule has 0 amide bonds. The molecule has 80 valence electrons. The van der Waals surface area contributed by atoms with Crippen molar-refractivity contribution in [1.29, 1.82) is 0 Å². The maximum atomic E-state index is 4.52. The van der Waals surface area contributed by atoms with Crippen molar-refractivity contribution < 1.29 is 0 Å². The second-order valence-corrected chi connectivity index (χ2v) is 4.79. The summed E-state index contributed by atoms with van der Waals surface area (Å²) >= 11 is 1.76. The Balaban J connectivity index is 2.45. The molecule has 0 aliphatic heterocycles. The van der Waals surface area contributed by atoms with E-state index in [1.165, 1.54) is 10.4 Å². The van der Waals surface area contributed by atoms with E-state index >= 15 is 0 Å². The van der Waals surface area contributed by atoms with Crippen LogP contribution in [0, 0.1) is 6.92 Å². The highest BCUT2D eigenvalue weighted by atomic mass is 32.1. The van der Waals surface area contributed by atoms with Crippen molar-refractivity contribution in [3.63, 3.8) is 0 Å². The number of aryl methyl sites for hydroxylation is 1. The summed E-state index contributed by atoms with van der Waals surface area (Å²) in [4.78, 5) is 6.86. The highest BCUT2D eigenvalue weighted by Gasteiger charge is 2.05. The summed E-state index contributed by atoms with van der Waals surface area (Å²) in [5.74, 6) is 0. The second-order valence-electron chi connectivity index (χ2n) is 3.56. The Bertz CT molecular complexity index is 458. The maximum absolute atomic E-state index is 4.52. The maximum Gasteiger partial charge on any atom is 0.0907 e. The molecule has 0 radical (unpaired) electrons. The number of benzene rings is 1.